The minimum atomic E-state index is -0.0850. The molecule has 6 heteroatoms. The standard InChI is InChI=1S/C30H31N3O3/c34-24-12-9-21(10-13-24)22-11-14-27-26(17-22)30(36)33(29(31-27)25-7-3-4-8-28(25)35)19-20-15-16-32(18-20)23-5-1-2-6-23/h3-4,7-14,17,20,23,34-35H,1-2,5-6,15-16,18-19H2. The van der Waals surface area contributed by atoms with Gasteiger partial charge in [-0.2, -0.15) is 0 Å². The maximum atomic E-state index is 14.0. The van der Waals surface area contributed by atoms with E-state index in [4.69, 9.17) is 4.98 Å². The molecular formula is C30H31N3O3. The summed E-state index contributed by atoms with van der Waals surface area (Å²) in [5.41, 5.74) is 2.92. The van der Waals surface area contributed by atoms with Crippen LogP contribution in [-0.2, 0) is 6.54 Å². The first-order valence-corrected chi connectivity index (χ1v) is 12.9. The van der Waals surface area contributed by atoms with Gasteiger partial charge in [-0.25, -0.2) is 4.98 Å². The smallest absolute Gasteiger partial charge is 0.261 e. The lowest BCUT2D eigenvalue weighted by atomic mass is 10.0. The Balaban J connectivity index is 1.43. The fourth-order valence-electron chi connectivity index (χ4n) is 5.96. The number of phenolic OH excluding ortho intramolecular Hbond substituents is 2. The first-order chi connectivity index (χ1) is 17.6. The number of hydrogen-bond donors (Lipinski definition) is 2. The van der Waals surface area contributed by atoms with Gasteiger partial charge >= 0.3 is 0 Å². The number of likely N-dealkylation sites (tertiary alicyclic amines) is 1. The molecule has 1 atom stereocenters. The second-order valence-corrected chi connectivity index (χ2v) is 10.2. The van der Waals surface area contributed by atoms with E-state index in [-0.39, 0.29) is 17.1 Å². The SMILES string of the molecule is O=c1c2cc(-c3ccc(O)cc3)ccc2nc(-c2ccccc2O)n1CC1CCN(C2CCCC2)C1. The zero-order valence-electron chi connectivity index (χ0n) is 20.3. The highest BCUT2D eigenvalue weighted by atomic mass is 16.3. The van der Waals surface area contributed by atoms with Gasteiger partial charge in [-0.3, -0.25) is 9.36 Å². The molecule has 1 aromatic heterocycles. The van der Waals surface area contributed by atoms with Gasteiger partial charge in [0.1, 0.15) is 17.3 Å². The monoisotopic (exact) mass is 481 g/mol. The van der Waals surface area contributed by atoms with Gasteiger partial charge in [-0.15, -0.1) is 0 Å². The van der Waals surface area contributed by atoms with Crippen LogP contribution in [0.5, 0.6) is 11.5 Å². The quantitative estimate of drug-likeness (QED) is 0.399. The summed E-state index contributed by atoms with van der Waals surface area (Å²) < 4.78 is 1.78. The number of hydrogen-bond acceptors (Lipinski definition) is 5. The molecule has 1 aliphatic carbocycles. The molecule has 3 aromatic carbocycles. The van der Waals surface area contributed by atoms with Crippen molar-refractivity contribution in [2.75, 3.05) is 13.1 Å². The maximum absolute atomic E-state index is 14.0. The van der Waals surface area contributed by atoms with Crippen LogP contribution in [0.15, 0.2) is 71.5 Å². The Labute approximate surface area is 210 Å². The average Bonchev–Trinajstić information content (AvgIpc) is 3.59. The van der Waals surface area contributed by atoms with Crippen molar-refractivity contribution in [3.8, 4) is 34.0 Å². The molecule has 2 aliphatic rings. The first kappa shape index (κ1) is 22.8. The molecule has 4 aromatic rings. The summed E-state index contributed by atoms with van der Waals surface area (Å²) in [4.78, 5) is 21.5. The Hall–Kier alpha value is -3.64. The van der Waals surface area contributed by atoms with Crippen molar-refractivity contribution in [3.63, 3.8) is 0 Å². The van der Waals surface area contributed by atoms with E-state index in [1.54, 1.807) is 28.8 Å². The second kappa shape index (κ2) is 9.43. The molecule has 0 spiro atoms. The molecule has 2 N–H and O–H groups in total. The summed E-state index contributed by atoms with van der Waals surface area (Å²) in [7, 11) is 0. The normalized spacial score (nSPS) is 18.8. The fourth-order valence-corrected chi connectivity index (χ4v) is 5.96. The van der Waals surface area contributed by atoms with E-state index in [0.29, 0.717) is 40.8 Å². The molecule has 0 amide bonds. The predicted octanol–water partition coefficient (Wildman–Crippen LogP) is 5.41. The van der Waals surface area contributed by atoms with Crippen molar-refractivity contribution >= 4 is 10.9 Å². The fraction of sp³-hybridized carbons (Fsp3) is 0.333. The lowest BCUT2D eigenvalue weighted by molar-refractivity contribution is 0.234. The highest BCUT2D eigenvalue weighted by Crippen LogP contribution is 2.32. The van der Waals surface area contributed by atoms with Gasteiger partial charge in [-0.1, -0.05) is 43.2 Å². The topological polar surface area (TPSA) is 78.6 Å². The number of benzene rings is 3. The molecule has 36 heavy (non-hydrogen) atoms. The van der Waals surface area contributed by atoms with Crippen LogP contribution in [0.25, 0.3) is 33.4 Å². The molecule has 1 saturated carbocycles. The third kappa shape index (κ3) is 4.26. The van der Waals surface area contributed by atoms with E-state index in [0.717, 1.165) is 30.6 Å². The van der Waals surface area contributed by atoms with Crippen LogP contribution in [-0.4, -0.2) is 43.8 Å². The molecule has 184 valence electrons. The summed E-state index contributed by atoms with van der Waals surface area (Å²) >= 11 is 0. The molecule has 1 unspecified atom stereocenters. The molecule has 6 rings (SSSR count). The average molecular weight is 482 g/mol. The van der Waals surface area contributed by atoms with E-state index in [2.05, 4.69) is 4.90 Å². The van der Waals surface area contributed by atoms with E-state index in [1.165, 1.54) is 25.7 Å². The van der Waals surface area contributed by atoms with Crippen LogP contribution >= 0.6 is 0 Å². The largest absolute Gasteiger partial charge is 0.508 e. The van der Waals surface area contributed by atoms with E-state index in [9.17, 15) is 15.0 Å². The van der Waals surface area contributed by atoms with Crippen LogP contribution in [0.4, 0.5) is 0 Å². The van der Waals surface area contributed by atoms with Crippen LogP contribution in [0.3, 0.4) is 0 Å². The zero-order valence-corrected chi connectivity index (χ0v) is 20.3. The number of nitrogens with zero attached hydrogens (tertiary/aromatic N) is 3. The lowest BCUT2D eigenvalue weighted by Gasteiger charge is -2.24. The minimum absolute atomic E-state index is 0.0850. The van der Waals surface area contributed by atoms with Gasteiger partial charge in [0.05, 0.1) is 16.5 Å². The summed E-state index contributed by atoms with van der Waals surface area (Å²) in [5, 5.41) is 20.8. The molecule has 6 nitrogen and oxygen atoms in total. The van der Waals surface area contributed by atoms with Gasteiger partial charge in [0, 0.05) is 19.1 Å². The van der Waals surface area contributed by atoms with Crippen molar-refractivity contribution < 1.29 is 10.2 Å². The third-order valence-corrected chi connectivity index (χ3v) is 7.90. The molecule has 1 saturated heterocycles. The van der Waals surface area contributed by atoms with E-state index >= 15 is 0 Å². The maximum Gasteiger partial charge on any atom is 0.261 e. The van der Waals surface area contributed by atoms with Crippen LogP contribution in [0, 0.1) is 5.92 Å². The number of aromatic hydroxyl groups is 2. The number of fused-ring (bicyclic) bond motifs is 1. The van der Waals surface area contributed by atoms with Gasteiger partial charge in [0.2, 0.25) is 0 Å². The Morgan fingerprint density at radius 1 is 0.889 bits per heavy atom. The number of rotatable bonds is 5. The van der Waals surface area contributed by atoms with E-state index in [1.807, 2.05) is 42.5 Å². The van der Waals surface area contributed by atoms with E-state index < -0.39 is 0 Å². The van der Waals surface area contributed by atoms with Crippen molar-refractivity contribution in [2.45, 2.75) is 44.7 Å². The van der Waals surface area contributed by atoms with Crippen molar-refractivity contribution in [2.24, 2.45) is 5.92 Å². The Bertz CT molecular complexity index is 1460. The summed E-state index contributed by atoms with van der Waals surface area (Å²) in [6, 6.07) is 20.5. The molecule has 2 fully saturated rings. The predicted molar refractivity (Wildman–Crippen MR) is 142 cm³/mol. The van der Waals surface area contributed by atoms with Crippen LogP contribution in [0.2, 0.25) is 0 Å². The molecule has 0 bridgehead atoms. The molecule has 2 heterocycles. The van der Waals surface area contributed by atoms with Crippen molar-refractivity contribution in [3.05, 3.63) is 77.1 Å². The Morgan fingerprint density at radius 3 is 2.42 bits per heavy atom. The van der Waals surface area contributed by atoms with Crippen molar-refractivity contribution in [1.82, 2.24) is 14.5 Å². The van der Waals surface area contributed by atoms with Crippen molar-refractivity contribution in [1.29, 1.82) is 0 Å². The summed E-state index contributed by atoms with van der Waals surface area (Å²) in [6.45, 7) is 2.67. The highest BCUT2D eigenvalue weighted by molar-refractivity contribution is 5.85. The molecular weight excluding hydrogens is 450 g/mol. The lowest BCUT2D eigenvalue weighted by Crippen LogP contribution is -2.32. The highest BCUT2D eigenvalue weighted by Gasteiger charge is 2.31. The van der Waals surface area contributed by atoms with Crippen LogP contribution in [0.1, 0.15) is 32.1 Å². The zero-order chi connectivity index (χ0) is 24.6. The summed E-state index contributed by atoms with van der Waals surface area (Å²) in [5.74, 6) is 1.21. The van der Waals surface area contributed by atoms with Gasteiger partial charge in [0.15, 0.2) is 0 Å². The Kier molecular flexibility index (Phi) is 5.97. The van der Waals surface area contributed by atoms with Gasteiger partial charge < -0.3 is 15.1 Å². The number of para-hydroxylation sites is 1. The minimum Gasteiger partial charge on any atom is -0.508 e. The number of phenols is 2. The van der Waals surface area contributed by atoms with Crippen LogP contribution < -0.4 is 5.56 Å². The van der Waals surface area contributed by atoms with Gasteiger partial charge in [-0.05, 0) is 79.3 Å². The number of aromatic nitrogens is 2. The van der Waals surface area contributed by atoms with Gasteiger partial charge in [0.25, 0.3) is 5.56 Å². The second-order valence-electron chi connectivity index (χ2n) is 10.2. The first-order valence-electron chi connectivity index (χ1n) is 12.9. The molecule has 1 aliphatic heterocycles. The molecule has 0 radical (unpaired) electrons. The third-order valence-electron chi connectivity index (χ3n) is 7.90. The Morgan fingerprint density at radius 2 is 1.64 bits per heavy atom. The summed E-state index contributed by atoms with van der Waals surface area (Å²) in [6.07, 6.45) is 6.27.